The quantitative estimate of drug-likeness (QED) is 0.837. The van der Waals surface area contributed by atoms with E-state index in [1.165, 1.54) is 6.08 Å². The number of allylic oxidation sites excluding steroid dienone is 2. The van der Waals surface area contributed by atoms with Crippen molar-refractivity contribution in [3.8, 4) is 0 Å². The predicted molar refractivity (Wildman–Crippen MR) is 58.2 cm³/mol. The van der Waals surface area contributed by atoms with E-state index in [0.29, 0.717) is 12.0 Å². The minimum absolute atomic E-state index is 0.0279. The van der Waals surface area contributed by atoms with Crippen molar-refractivity contribution in [2.45, 2.75) is 6.42 Å². The Bertz CT molecular complexity index is 434. The van der Waals surface area contributed by atoms with Crippen LogP contribution in [0.15, 0.2) is 49.4 Å². The molecule has 0 unspecified atom stereocenters. The van der Waals surface area contributed by atoms with E-state index < -0.39 is 22.9 Å². The Kier molecular flexibility index (Phi) is 3.41. The normalized spacial score (nSPS) is 14.2. The third-order valence-corrected chi connectivity index (χ3v) is 5.13. The van der Waals surface area contributed by atoms with Crippen LogP contribution < -0.4 is 0 Å². The Morgan fingerprint density at radius 2 is 2.00 bits per heavy atom. The Morgan fingerprint density at radius 1 is 1.27 bits per heavy atom. The fraction of sp³-hybridized carbons (Fsp3) is 0.0833. The first-order chi connectivity index (χ1) is 7.25. The van der Waals surface area contributed by atoms with Crippen LogP contribution in [0.3, 0.4) is 0 Å². The van der Waals surface area contributed by atoms with Crippen LogP contribution in [-0.4, -0.2) is 28.7 Å². The number of Topliss-reactive ketones (excluding diaryl/α,β-unsaturated/α-hetero) is 1. The van der Waals surface area contributed by atoms with Crippen molar-refractivity contribution in [3.05, 3.63) is 55.0 Å². The molecule has 0 saturated carbocycles. The Morgan fingerprint density at radius 3 is 2.60 bits per heavy atom. The van der Waals surface area contributed by atoms with Gasteiger partial charge < -0.3 is 0 Å². The van der Waals surface area contributed by atoms with Gasteiger partial charge >= 0.3 is 99.3 Å². The molecule has 1 aliphatic heterocycles. The molecular weight excluding hydrogens is 294 g/mol. The fourth-order valence-corrected chi connectivity index (χ4v) is 4.03. The Hall–Kier alpha value is -0.830. The van der Waals surface area contributed by atoms with Crippen molar-refractivity contribution in [2.24, 2.45) is 0 Å². The molecule has 3 heteroatoms. The molecule has 0 atom stereocenters. The molecule has 0 bridgehead atoms. The van der Waals surface area contributed by atoms with Gasteiger partial charge in [-0.25, -0.2) is 0 Å². The van der Waals surface area contributed by atoms with Gasteiger partial charge in [0.15, 0.2) is 0 Å². The molecule has 1 nitrogen and oxygen atoms in total. The van der Waals surface area contributed by atoms with Crippen molar-refractivity contribution in [2.75, 3.05) is 0 Å². The number of carbonyl (C=O) groups excluding carboxylic acids is 1. The summed E-state index contributed by atoms with van der Waals surface area (Å²) in [5, 5.41) is 0. The molecule has 1 aliphatic rings. The molecule has 1 aromatic carbocycles. The van der Waals surface area contributed by atoms with Crippen LogP contribution in [-0.2, 0) is 11.2 Å². The fourth-order valence-electron chi connectivity index (χ4n) is 1.47. The number of hydrogen-bond donors (Lipinski definition) is 0. The van der Waals surface area contributed by atoms with Gasteiger partial charge in [0.05, 0.1) is 0 Å². The minimum atomic E-state index is -1.33. The van der Waals surface area contributed by atoms with Crippen LogP contribution in [0.1, 0.15) is 5.56 Å². The van der Waals surface area contributed by atoms with Crippen molar-refractivity contribution in [1.29, 1.82) is 0 Å². The molecule has 73 valence electrons. The van der Waals surface area contributed by atoms with Crippen LogP contribution >= 0.6 is 0 Å². The first-order valence-electron chi connectivity index (χ1n) is 4.75. The third kappa shape index (κ3) is 2.81. The number of rotatable bonds is 3. The summed E-state index contributed by atoms with van der Waals surface area (Å²) in [4.78, 5) is 11.7. The van der Waals surface area contributed by atoms with E-state index in [0.717, 1.165) is 5.56 Å². The van der Waals surface area contributed by atoms with Gasteiger partial charge in [-0.15, -0.1) is 0 Å². The molecule has 15 heavy (non-hydrogen) atoms. The van der Waals surface area contributed by atoms with Gasteiger partial charge in [-0.1, -0.05) is 0 Å². The molecule has 0 N–H and O–H groups in total. The second kappa shape index (κ2) is 4.79. The second-order valence-electron chi connectivity index (χ2n) is 3.40. The molecule has 0 spiro atoms. The molecule has 1 radical (unpaired) electrons. The van der Waals surface area contributed by atoms with Crippen LogP contribution in [0.4, 0.5) is 4.39 Å². The van der Waals surface area contributed by atoms with Gasteiger partial charge in [-0.05, 0) is 0 Å². The summed E-state index contributed by atoms with van der Waals surface area (Å²) < 4.78 is 14.6. The first kappa shape index (κ1) is 10.7. The SMILES string of the molecule is O=C(Cc1ccccc1)C1=[CH][In][C](F)=C1. The van der Waals surface area contributed by atoms with Crippen molar-refractivity contribution >= 4 is 28.7 Å². The Balaban J connectivity index is 2.05. The predicted octanol–water partition coefficient (Wildman–Crippen LogP) is 2.21. The molecule has 2 rings (SSSR count). The maximum absolute atomic E-state index is 12.8. The zero-order valence-electron chi connectivity index (χ0n) is 8.11. The molecule has 0 amide bonds. The van der Waals surface area contributed by atoms with E-state index in [4.69, 9.17) is 0 Å². The summed E-state index contributed by atoms with van der Waals surface area (Å²) in [5.74, 6) is 0.0279. The van der Waals surface area contributed by atoms with E-state index in [-0.39, 0.29) is 9.37 Å². The van der Waals surface area contributed by atoms with E-state index in [1.54, 1.807) is 0 Å². The second-order valence-corrected chi connectivity index (χ2v) is 6.88. The van der Waals surface area contributed by atoms with Crippen molar-refractivity contribution in [1.82, 2.24) is 0 Å². The van der Waals surface area contributed by atoms with Gasteiger partial charge in [0.25, 0.3) is 0 Å². The maximum atomic E-state index is 12.8. The summed E-state index contributed by atoms with van der Waals surface area (Å²) >= 11 is -1.33. The average molecular weight is 303 g/mol. The summed E-state index contributed by atoms with van der Waals surface area (Å²) in [5.41, 5.74) is 1.56. The zero-order chi connectivity index (χ0) is 10.7. The average Bonchev–Trinajstić information content (AvgIpc) is 2.66. The van der Waals surface area contributed by atoms with Gasteiger partial charge in [-0.3, -0.25) is 0 Å². The number of halogens is 1. The number of carbonyl (C=O) groups is 1. The molecular formula is C12H9FInO. The summed E-state index contributed by atoms with van der Waals surface area (Å²) in [6.45, 7) is 0. The van der Waals surface area contributed by atoms with E-state index >= 15 is 0 Å². The van der Waals surface area contributed by atoms with E-state index in [2.05, 4.69) is 0 Å². The molecule has 1 aromatic rings. The summed E-state index contributed by atoms with van der Waals surface area (Å²) in [6.07, 6.45) is 1.78. The van der Waals surface area contributed by atoms with Crippen LogP contribution in [0.5, 0.6) is 0 Å². The van der Waals surface area contributed by atoms with Gasteiger partial charge in [-0.2, -0.15) is 0 Å². The number of benzene rings is 1. The van der Waals surface area contributed by atoms with E-state index in [9.17, 15) is 9.18 Å². The first-order valence-corrected chi connectivity index (χ1v) is 8.30. The van der Waals surface area contributed by atoms with Crippen molar-refractivity contribution < 1.29 is 9.18 Å². The van der Waals surface area contributed by atoms with Crippen LogP contribution in [0.25, 0.3) is 0 Å². The molecule has 0 fully saturated rings. The van der Waals surface area contributed by atoms with Gasteiger partial charge in [0.1, 0.15) is 0 Å². The molecule has 0 saturated heterocycles. The summed E-state index contributed by atoms with van der Waals surface area (Å²) in [6, 6.07) is 9.54. The zero-order valence-corrected chi connectivity index (χ0v) is 11.4. The molecule has 1 heterocycles. The monoisotopic (exact) mass is 303 g/mol. The van der Waals surface area contributed by atoms with E-state index in [1.807, 2.05) is 34.2 Å². The topological polar surface area (TPSA) is 17.1 Å². The van der Waals surface area contributed by atoms with Crippen LogP contribution in [0, 0.1) is 0 Å². The number of hydrogen-bond acceptors (Lipinski definition) is 1. The van der Waals surface area contributed by atoms with Crippen molar-refractivity contribution in [3.63, 3.8) is 0 Å². The molecule has 0 aromatic heterocycles. The molecule has 0 aliphatic carbocycles. The number of ketones is 1. The van der Waals surface area contributed by atoms with Gasteiger partial charge in [0.2, 0.25) is 0 Å². The Labute approximate surface area is 99.0 Å². The summed E-state index contributed by atoms with van der Waals surface area (Å²) in [7, 11) is 0. The standard InChI is InChI=1S/C12H9FO.In/c1-10(7-8-13)12(14)9-11-5-3-2-4-6-11;/h1-7H,9H2;. The third-order valence-electron chi connectivity index (χ3n) is 2.24. The van der Waals surface area contributed by atoms with Gasteiger partial charge in [0, 0.05) is 0 Å². The van der Waals surface area contributed by atoms with Crippen LogP contribution in [0.2, 0.25) is 0 Å².